The van der Waals surface area contributed by atoms with Gasteiger partial charge in [0.25, 0.3) is 17.7 Å². The third kappa shape index (κ3) is 6.19. The van der Waals surface area contributed by atoms with E-state index in [1.807, 2.05) is 38.1 Å². The normalized spacial score (nSPS) is 11.6. The molecule has 1 aromatic heterocycles. The third-order valence-electron chi connectivity index (χ3n) is 4.03. The highest BCUT2D eigenvalue weighted by molar-refractivity contribution is 7.14. The molecule has 5 N–H and O–H groups in total. The summed E-state index contributed by atoms with van der Waals surface area (Å²) in [5, 5.41) is 7.74. The first kappa shape index (κ1) is 20.6. The van der Waals surface area contributed by atoms with Crippen molar-refractivity contribution in [2.24, 2.45) is 5.73 Å². The fraction of sp³-hybridized carbons (Fsp3) is 0.316. The second-order valence-corrected chi connectivity index (χ2v) is 7.21. The number of carbonyl (C=O) groups excluding carboxylic acids is 3. The number of amides is 3. The number of thiophene rings is 1. The number of quaternary nitrogens is 1. The van der Waals surface area contributed by atoms with Gasteiger partial charge in [0.1, 0.15) is 5.00 Å². The minimum absolute atomic E-state index is 0.130. The van der Waals surface area contributed by atoms with E-state index in [2.05, 4.69) is 10.6 Å². The van der Waals surface area contributed by atoms with E-state index < -0.39 is 5.91 Å². The predicted molar refractivity (Wildman–Crippen MR) is 107 cm³/mol. The molecule has 7 nitrogen and oxygen atoms in total. The van der Waals surface area contributed by atoms with Crippen molar-refractivity contribution in [2.75, 3.05) is 30.3 Å². The number of benzene rings is 1. The van der Waals surface area contributed by atoms with Crippen molar-refractivity contribution in [3.05, 3.63) is 46.8 Å². The molecule has 144 valence electrons. The Morgan fingerprint density at radius 1 is 1.07 bits per heavy atom. The van der Waals surface area contributed by atoms with Crippen LogP contribution in [0.25, 0.3) is 0 Å². The lowest BCUT2D eigenvalue weighted by atomic mass is 10.2. The van der Waals surface area contributed by atoms with Gasteiger partial charge in [-0.25, -0.2) is 0 Å². The largest absolute Gasteiger partial charge is 0.366 e. The summed E-state index contributed by atoms with van der Waals surface area (Å²) in [5.41, 5.74) is 7.34. The summed E-state index contributed by atoms with van der Waals surface area (Å²) in [6.45, 7) is 4.92. The van der Waals surface area contributed by atoms with E-state index in [0.717, 1.165) is 22.6 Å². The minimum atomic E-state index is -0.582. The number of nitrogens with one attached hydrogen (secondary N) is 3. The van der Waals surface area contributed by atoms with Gasteiger partial charge in [-0.15, -0.1) is 11.3 Å². The molecule has 2 rings (SSSR count). The van der Waals surface area contributed by atoms with Gasteiger partial charge in [0.2, 0.25) is 0 Å². The first-order valence-electron chi connectivity index (χ1n) is 8.77. The summed E-state index contributed by atoms with van der Waals surface area (Å²) in [7, 11) is 0. The number of anilines is 2. The summed E-state index contributed by atoms with van der Waals surface area (Å²) in [6, 6.07) is 9.13. The van der Waals surface area contributed by atoms with Crippen molar-refractivity contribution < 1.29 is 19.3 Å². The summed E-state index contributed by atoms with van der Waals surface area (Å²) < 4.78 is 0. The van der Waals surface area contributed by atoms with Crippen molar-refractivity contribution in [1.82, 2.24) is 0 Å². The Morgan fingerprint density at radius 2 is 1.74 bits per heavy atom. The van der Waals surface area contributed by atoms with E-state index in [4.69, 9.17) is 5.73 Å². The average Bonchev–Trinajstić information content (AvgIpc) is 3.05. The van der Waals surface area contributed by atoms with Crippen LogP contribution in [0.4, 0.5) is 10.7 Å². The Labute approximate surface area is 162 Å². The monoisotopic (exact) mass is 389 g/mol. The summed E-state index contributed by atoms with van der Waals surface area (Å²) in [6.07, 6.45) is 0.839. The number of aryl methyl sites for hydroxylation is 1. The quantitative estimate of drug-likeness (QED) is 0.515. The maximum absolute atomic E-state index is 12.4. The van der Waals surface area contributed by atoms with Crippen molar-refractivity contribution in [3.8, 4) is 0 Å². The zero-order valence-electron chi connectivity index (χ0n) is 15.5. The van der Waals surface area contributed by atoms with Crippen LogP contribution in [0, 0.1) is 6.92 Å². The SMILES string of the molecule is CCC[NH+](CC(=O)Nc1ccccc1C)CC(=O)Nc1sccc1C(N)=O. The molecule has 0 radical (unpaired) electrons. The highest BCUT2D eigenvalue weighted by Crippen LogP contribution is 2.22. The van der Waals surface area contributed by atoms with Crippen LogP contribution in [0.1, 0.15) is 29.3 Å². The van der Waals surface area contributed by atoms with Crippen LogP contribution in [0.3, 0.4) is 0 Å². The lowest BCUT2D eigenvalue weighted by Crippen LogP contribution is -3.14. The van der Waals surface area contributed by atoms with E-state index in [9.17, 15) is 14.4 Å². The number of carbonyl (C=O) groups is 3. The van der Waals surface area contributed by atoms with Crippen molar-refractivity contribution in [1.29, 1.82) is 0 Å². The van der Waals surface area contributed by atoms with Gasteiger partial charge in [0.05, 0.1) is 12.1 Å². The molecule has 1 aromatic carbocycles. The van der Waals surface area contributed by atoms with Crippen LogP contribution >= 0.6 is 11.3 Å². The third-order valence-corrected chi connectivity index (χ3v) is 4.86. The Morgan fingerprint density at radius 3 is 2.37 bits per heavy atom. The Hall–Kier alpha value is -2.71. The molecule has 0 bridgehead atoms. The summed E-state index contributed by atoms with van der Waals surface area (Å²) >= 11 is 1.24. The number of hydrogen-bond donors (Lipinski definition) is 4. The summed E-state index contributed by atoms with van der Waals surface area (Å²) in [4.78, 5) is 36.9. The van der Waals surface area contributed by atoms with Crippen molar-refractivity contribution >= 4 is 39.7 Å². The molecule has 1 unspecified atom stereocenters. The standard InChI is InChI=1S/C19H24N4O3S/c1-3-9-23(11-16(24)21-15-7-5-4-6-13(15)2)12-17(25)22-19-14(18(20)26)8-10-27-19/h4-8,10H,3,9,11-12H2,1-2H3,(H2,20,26)(H,21,24)(H,22,25)/p+1. The molecule has 0 fully saturated rings. The van der Waals surface area contributed by atoms with Gasteiger partial charge in [0.15, 0.2) is 13.1 Å². The van der Waals surface area contributed by atoms with Gasteiger partial charge in [-0.3, -0.25) is 14.4 Å². The number of nitrogens with two attached hydrogens (primary N) is 1. The van der Waals surface area contributed by atoms with Gasteiger partial charge in [-0.1, -0.05) is 25.1 Å². The first-order valence-corrected chi connectivity index (χ1v) is 9.64. The maximum atomic E-state index is 12.4. The number of para-hydroxylation sites is 1. The van der Waals surface area contributed by atoms with E-state index >= 15 is 0 Å². The maximum Gasteiger partial charge on any atom is 0.280 e. The summed E-state index contributed by atoms with van der Waals surface area (Å²) in [5.74, 6) is -0.983. The van der Waals surface area contributed by atoms with Gasteiger partial charge < -0.3 is 21.3 Å². The number of rotatable bonds is 9. The van der Waals surface area contributed by atoms with Gasteiger partial charge in [0, 0.05) is 5.69 Å². The predicted octanol–water partition coefficient (Wildman–Crippen LogP) is 1.03. The highest BCUT2D eigenvalue weighted by atomic mass is 32.1. The van der Waals surface area contributed by atoms with Crippen LogP contribution in [0.15, 0.2) is 35.7 Å². The fourth-order valence-electron chi connectivity index (χ4n) is 2.73. The molecule has 0 spiro atoms. The van der Waals surface area contributed by atoms with E-state index in [1.54, 1.807) is 11.4 Å². The zero-order chi connectivity index (χ0) is 19.8. The molecule has 0 saturated carbocycles. The molecule has 3 amide bonds. The Balaban J connectivity index is 1.95. The van der Waals surface area contributed by atoms with Crippen LogP contribution in [-0.4, -0.2) is 37.4 Å². The van der Waals surface area contributed by atoms with E-state index in [-0.39, 0.29) is 24.9 Å². The van der Waals surface area contributed by atoms with Gasteiger partial charge in [-0.05, 0) is 36.4 Å². The highest BCUT2D eigenvalue weighted by Gasteiger charge is 2.20. The zero-order valence-corrected chi connectivity index (χ0v) is 16.3. The molecule has 1 atom stereocenters. The van der Waals surface area contributed by atoms with Crippen molar-refractivity contribution in [2.45, 2.75) is 20.3 Å². The average molecular weight is 390 g/mol. The minimum Gasteiger partial charge on any atom is -0.366 e. The smallest absolute Gasteiger partial charge is 0.280 e. The van der Waals surface area contributed by atoms with Crippen LogP contribution < -0.4 is 21.3 Å². The molecule has 2 aromatic rings. The molecule has 0 aliphatic carbocycles. The molecular weight excluding hydrogens is 364 g/mol. The second-order valence-electron chi connectivity index (χ2n) is 6.29. The first-order chi connectivity index (χ1) is 12.9. The number of hydrogen-bond acceptors (Lipinski definition) is 4. The topological polar surface area (TPSA) is 106 Å². The molecule has 27 heavy (non-hydrogen) atoms. The van der Waals surface area contributed by atoms with Crippen LogP contribution in [-0.2, 0) is 9.59 Å². The molecule has 0 saturated heterocycles. The molecule has 8 heteroatoms. The van der Waals surface area contributed by atoms with Crippen molar-refractivity contribution in [3.63, 3.8) is 0 Å². The van der Waals surface area contributed by atoms with Gasteiger partial charge >= 0.3 is 0 Å². The van der Waals surface area contributed by atoms with E-state index in [0.29, 0.717) is 17.1 Å². The molecule has 0 aliphatic rings. The fourth-order valence-corrected chi connectivity index (χ4v) is 3.53. The van der Waals surface area contributed by atoms with E-state index in [1.165, 1.54) is 11.3 Å². The van der Waals surface area contributed by atoms with Crippen LogP contribution in [0.5, 0.6) is 0 Å². The number of primary amides is 1. The lowest BCUT2D eigenvalue weighted by molar-refractivity contribution is -0.883. The second kappa shape index (κ2) is 9.84. The molecular formula is C19H25N4O3S+. The Bertz CT molecular complexity index is 819. The van der Waals surface area contributed by atoms with Crippen LogP contribution in [0.2, 0.25) is 0 Å². The molecule has 1 heterocycles. The lowest BCUT2D eigenvalue weighted by Gasteiger charge is -2.18. The molecule has 0 aliphatic heterocycles. The Kier molecular flexibility index (Phi) is 7.51. The van der Waals surface area contributed by atoms with Gasteiger partial charge in [-0.2, -0.15) is 0 Å².